The fourth-order valence-electron chi connectivity index (χ4n) is 4.93. The van der Waals surface area contributed by atoms with Crippen molar-refractivity contribution in [1.29, 1.82) is 0 Å². The largest absolute Gasteiger partial charge is 0.351 e. The van der Waals surface area contributed by atoms with E-state index in [1.165, 1.54) is 16.7 Å². The number of halogens is 1. The van der Waals surface area contributed by atoms with E-state index in [1.807, 2.05) is 19.9 Å². The summed E-state index contributed by atoms with van der Waals surface area (Å²) in [7, 11) is -3.36. The summed E-state index contributed by atoms with van der Waals surface area (Å²) in [6, 6.07) is 16.0. The lowest BCUT2D eigenvalue weighted by atomic mass is 9.95. The monoisotopic (exact) mass is 535 g/mol. The van der Waals surface area contributed by atoms with Gasteiger partial charge < -0.3 is 5.32 Å². The summed E-state index contributed by atoms with van der Waals surface area (Å²) in [6.07, 6.45) is 5.83. The molecule has 2 aromatic heterocycles. The maximum absolute atomic E-state index is 13.6. The van der Waals surface area contributed by atoms with E-state index >= 15 is 0 Å². The minimum atomic E-state index is -3.36. The Morgan fingerprint density at radius 2 is 1.66 bits per heavy atom. The number of nitrogens with one attached hydrogen (secondary N) is 1. The number of rotatable bonds is 7. The molecule has 0 aliphatic heterocycles. The van der Waals surface area contributed by atoms with Crippen molar-refractivity contribution < 1.29 is 12.8 Å². The van der Waals surface area contributed by atoms with Gasteiger partial charge in [-0.2, -0.15) is 0 Å². The van der Waals surface area contributed by atoms with Crippen LogP contribution in [0.2, 0.25) is 0 Å². The van der Waals surface area contributed by atoms with E-state index in [0.717, 1.165) is 0 Å². The number of hydrogen-bond donors (Lipinski definition) is 1. The minimum Gasteiger partial charge on any atom is -0.351 e. The SMILES string of the molecule is CC(C)n1cc(-c2ccnc(NC3CCC(S(=O)(=O)c4ccccc4)CC3)n2)n(-c2ccc(F)cc2)c1=O. The lowest BCUT2D eigenvalue weighted by molar-refractivity contribution is 0.450. The fraction of sp³-hybridized carbons (Fsp3) is 0.321. The van der Waals surface area contributed by atoms with Gasteiger partial charge in [-0.1, -0.05) is 18.2 Å². The van der Waals surface area contributed by atoms with Crippen molar-refractivity contribution in [3.8, 4) is 17.1 Å². The second-order valence-electron chi connectivity index (χ2n) is 9.85. The molecular weight excluding hydrogens is 505 g/mol. The first-order valence-electron chi connectivity index (χ1n) is 12.7. The lowest BCUT2D eigenvalue weighted by Crippen LogP contribution is -2.33. The summed E-state index contributed by atoms with van der Waals surface area (Å²) >= 11 is 0. The third kappa shape index (κ3) is 5.13. The second-order valence-corrected chi connectivity index (χ2v) is 12.1. The molecule has 1 aliphatic carbocycles. The van der Waals surface area contributed by atoms with Crippen LogP contribution in [0, 0.1) is 5.82 Å². The zero-order chi connectivity index (χ0) is 26.9. The highest BCUT2D eigenvalue weighted by atomic mass is 32.2. The molecule has 198 valence electrons. The van der Waals surface area contributed by atoms with Gasteiger partial charge in [0.1, 0.15) is 5.82 Å². The van der Waals surface area contributed by atoms with Gasteiger partial charge in [-0.3, -0.25) is 9.13 Å². The molecule has 0 saturated heterocycles. The molecule has 1 saturated carbocycles. The molecule has 2 aromatic carbocycles. The molecule has 4 aromatic rings. The van der Waals surface area contributed by atoms with Crippen molar-refractivity contribution in [3.05, 3.63) is 89.4 Å². The number of aromatic nitrogens is 4. The summed E-state index contributed by atoms with van der Waals surface area (Å²) in [5.41, 5.74) is 1.41. The number of benzene rings is 2. The van der Waals surface area contributed by atoms with Gasteiger partial charge in [-0.25, -0.2) is 27.6 Å². The number of hydrogen-bond acceptors (Lipinski definition) is 6. The maximum Gasteiger partial charge on any atom is 0.333 e. The molecular formula is C28H30FN5O3S. The van der Waals surface area contributed by atoms with E-state index in [1.54, 1.807) is 59.4 Å². The highest BCUT2D eigenvalue weighted by molar-refractivity contribution is 7.92. The Hall–Kier alpha value is -3.79. The lowest BCUT2D eigenvalue weighted by Gasteiger charge is -2.29. The van der Waals surface area contributed by atoms with Crippen molar-refractivity contribution in [3.63, 3.8) is 0 Å². The van der Waals surface area contributed by atoms with E-state index in [0.29, 0.717) is 53.6 Å². The van der Waals surface area contributed by atoms with Crippen LogP contribution in [-0.4, -0.2) is 38.8 Å². The van der Waals surface area contributed by atoms with Gasteiger partial charge in [-0.15, -0.1) is 0 Å². The summed E-state index contributed by atoms with van der Waals surface area (Å²) in [4.78, 5) is 22.6. The molecule has 38 heavy (non-hydrogen) atoms. The zero-order valence-electron chi connectivity index (χ0n) is 21.3. The third-order valence-electron chi connectivity index (χ3n) is 6.99. The van der Waals surface area contributed by atoms with E-state index in [-0.39, 0.29) is 23.6 Å². The van der Waals surface area contributed by atoms with Crippen LogP contribution < -0.4 is 11.0 Å². The number of anilines is 1. The third-order valence-corrected chi connectivity index (χ3v) is 9.27. The Bertz CT molecular complexity index is 1570. The van der Waals surface area contributed by atoms with E-state index in [2.05, 4.69) is 15.3 Å². The van der Waals surface area contributed by atoms with Crippen LogP contribution in [0.1, 0.15) is 45.6 Å². The minimum absolute atomic E-state index is 0.0343. The van der Waals surface area contributed by atoms with Crippen LogP contribution in [0.3, 0.4) is 0 Å². The molecule has 0 bridgehead atoms. The molecule has 10 heteroatoms. The summed E-state index contributed by atoms with van der Waals surface area (Å²) in [6.45, 7) is 3.84. The molecule has 0 atom stereocenters. The predicted octanol–water partition coefficient (Wildman–Crippen LogP) is 5.01. The first-order chi connectivity index (χ1) is 18.2. The van der Waals surface area contributed by atoms with E-state index in [9.17, 15) is 17.6 Å². The maximum atomic E-state index is 13.6. The molecule has 1 fully saturated rings. The normalized spacial score (nSPS) is 18.0. The Balaban J connectivity index is 1.36. The van der Waals surface area contributed by atoms with Crippen LogP contribution in [0.5, 0.6) is 0 Å². The molecule has 0 radical (unpaired) electrons. The summed E-state index contributed by atoms with van der Waals surface area (Å²) < 4.78 is 42.7. The van der Waals surface area contributed by atoms with Crippen LogP contribution in [-0.2, 0) is 9.84 Å². The van der Waals surface area contributed by atoms with Gasteiger partial charge in [0, 0.05) is 24.5 Å². The molecule has 8 nitrogen and oxygen atoms in total. The Morgan fingerprint density at radius 3 is 2.32 bits per heavy atom. The van der Waals surface area contributed by atoms with Crippen molar-refractivity contribution in [2.75, 3.05) is 5.32 Å². The van der Waals surface area contributed by atoms with Crippen molar-refractivity contribution >= 4 is 15.8 Å². The first-order valence-corrected chi connectivity index (χ1v) is 14.3. The first kappa shape index (κ1) is 25.8. The van der Waals surface area contributed by atoms with Gasteiger partial charge in [0.05, 0.1) is 27.2 Å². The van der Waals surface area contributed by atoms with Crippen LogP contribution in [0.4, 0.5) is 10.3 Å². The van der Waals surface area contributed by atoms with Crippen LogP contribution in [0.15, 0.2) is 82.7 Å². The van der Waals surface area contributed by atoms with Gasteiger partial charge in [-0.05, 0) is 82.0 Å². The van der Waals surface area contributed by atoms with Crippen molar-refractivity contribution in [2.45, 2.75) is 61.8 Å². The van der Waals surface area contributed by atoms with E-state index in [4.69, 9.17) is 0 Å². The summed E-state index contributed by atoms with van der Waals surface area (Å²) in [5, 5.41) is 2.95. The molecule has 1 N–H and O–H groups in total. The number of imidazole rings is 1. The number of sulfone groups is 1. The Morgan fingerprint density at radius 1 is 0.974 bits per heavy atom. The van der Waals surface area contributed by atoms with Crippen LogP contribution in [0.25, 0.3) is 17.1 Å². The second kappa shape index (κ2) is 10.5. The average Bonchev–Trinajstić information content (AvgIpc) is 3.27. The van der Waals surface area contributed by atoms with Crippen molar-refractivity contribution in [1.82, 2.24) is 19.1 Å². The molecule has 0 spiro atoms. The molecule has 1 aliphatic rings. The van der Waals surface area contributed by atoms with Gasteiger partial charge in [0.15, 0.2) is 9.84 Å². The average molecular weight is 536 g/mol. The quantitative estimate of drug-likeness (QED) is 0.357. The van der Waals surface area contributed by atoms with E-state index < -0.39 is 15.1 Å². The number of nitrogens with zero attached hydrogens (tertiary/aromatic N) is 4. The Labute approximate surface area is 221 Å². The molecule has 0 unspecified atom stereocenters. The topological polar surface area (TPSA) is 98.9 Å². The van der Waals surface area contributed by atoms with Gasteiger partial charge in [0.2, 0.25) is 5.95 Å². The van der Waals surface area contributed by atoms with Crippen molar-refractivity contribution in [2.24, 2.45) is 0 Å². The van der Waals surface area contributed by atoms with Gasteiger partial charge in [0.25, 0.3) is 0 Å². The smallest absolute Gasteiger partial charge is 0.333 e. The van der Waals surface area contributed by atoms with Gasteiger partial charge >= 0.3 is 5.69 Å². The zero-order valence-corrected chi connectivity index (χ0v) is 22.1. The highest BCUT2D eigenvalue weighted by Gasteiger charge is 2.32. The summed E-state index contributed by atoms with van der Waals surface area (Å²) in [5.74, 6) is 0.0266. The Kier molecular flexibility index (Phi) is 7.16. The predicted molar refractivity (Wildman–Crippen MR) is 145 cm³/mol. The molecule has 2 heterocycles. The fourth-order valence-corrected chi connectivity index (χ4v) is 6.74. The molecule has 0 amide bonds. The standard InChI is InChI=1S/C28H30FN5O3S/c1-19(2)33-18-26(34(28(33)35)22-12-8-20(29)9-13-22)25-16-17-30-27(32-25)31-21-10-14-24(15-11-21)38(36,37)23-6-4-3-5-7-23/h3-9,12-13,16-19,21,24H,10-11,14-15H2,1-2H3,(H,30,31,32). The molecule has 5 rings (SSSR count). The highest BCUT2D eigenvalue weighted by Crippen LogP contribution is 2.30. The van der Waals surface area contributed by atoms with Crippen LogP contribution >= 0.6 is 0 Å².